The molecule has 3 amide bonds. The second kappa shape index (κ2) is 15.6. The normalized spacial score (nSPS) is 15.7. The van der Waals surface area contributed by atoms with E-state index in [1.807, 2.05) is 20.8 Å². The quantitative estimate of drug-likeness (QED) is 0.159. The highest BCUT2D eigenvalue weighted by Gasteiger charge is 2.33. The lowest BCUT2D eigenvalue weighted by Gasteiger charge is -2.29. The van der Waals surface area contributed by atoms with Crippen molar-refractivity contribution in [2.24, 2.45) is 17.6 Å². The van der Waals surface area contributed by atoms with E-state index in [0.29, 0.717) is 18.4 Å². The smallest absolute Gasteiger partial charge is 0.326 e. The molecule has 8 N–H and O–H groups in total. The molecule has 6 atom stereocenters. The van der Waals surface area contributed by atoms with Crippen molar-refractivity contribution in [2.45, 2.75) is 84.0 Å². The fraction of sp³-hybridized carbons (Fsp3) is 0.577. The van der Waals surface area contributed by atoms with Gasteiger partial charge in [0.2, 0.25) is 17.7 Å². The summed E-state index contributed by atoms with van der Waals surface area (Å²) in [6.07, 6.45) is 0.301. The highest BCUT2D eigenvalue weighted by molar-refractivity contribution is 5.94. The molecule has 0 spiro atoms. The summed E-state index contributed by atoms with van der Waals surface area (Å²) < 4.78 is 0. The second-order valence-electron chi connectivity index (χ2n) is 9.55. The summed E-state index contributed by atoms with van der Waals surface area (Å²) in [5, 5.41) is 35.5. The summed E-state index contributed by atoms with van der Waals surface area (Å²) >= 11 is 0. The Kier molecular flexibility index (Phi) is 13.2. The molecule has 0 saturated carbocycles. The molecule has 0 aliphatic rings. The van der Waals surface area contributed by atoms with Gasteiger partial charge in [-0.3, -0.25) is 19.2 Å². The van der Waals surface area contributed by atoms with Crippen molar-refractivity contribution in [2.75, 3.05) is 0 Å². The summed E-state index contributed by atoms with van der Waals surface area (Å²) in [4.78, 5) is 61.7. The van der Waals surface area contributed by atoms with Gasteiger partial charge in [-0.1, -0.05) is 52.7 Å². The summed E-state index contributed by atoms with van der Waals surface area (Å²) in [6.45, 7) is 7.32. The van der Waals surface area contributed by atoms with Crippen LogP contribution in [0.4, 0.5) is 0 Å². The number of nitrogens with one attached hydrogen (secondary N) is 3. The molecule has 0 aliphatic carbocycles. The van der Waals surface area contributed by atoms with Crippen molar-refractivity contribution in [3.63, 3.8) is 0 Å². The number of carboxylic acid groups (broad SMARTS) is 2. The number of amides is 3. The van der Waals surface area contributed by atoms with Crippen LogP contribution in [0.15, 0.2) is 24.3 Å². The number of hydrogen-bond acceptors (Lipinski definition) is 7. The van der Waals surface area contributed by atoms with Crippen molar-refractivity contribution in [1.82, 2.24) is 16.0 Å². The molecule has 0 aliphatic heterocycles. The van der Waals surface area contributed by atoms with Gasteiger partial charge < -0.3 is 37.0 Å². The minimum atomic E-state index is -1.49. The lowest BCUT2D eigenvalue weighted by Crippen LogP contribution is -2.59. The standard InChI is InChI=1S/C26H40N4O8/c1-5-14(3)21(27)24(35)30-22(15(4)6-2)25(36)29-19(13-16-7-9-17(31)10-8-16)23(34)28-18(26(37)38)11-12-20(32)33/h7-10,14-15,18-19,21-22,31H,5-6,11-13,27H2,1-4H3,(H,28,34)(H,29,36)(H,30,35)(H,32,33)(H,37,38). The van der Waals surface area contributed by atoms with E-state index in [1.54, 1.807) is 19.1 Å². The third-order valence-electron chi connectivity index (χ3n) is 6.62. The first-order chi connectivity index (χ1) is 17.8. The van der Waals surface area contributed by atoms with Gasteiger partial charge in [0.15, 0.2) is 0 Å². The third kappa shape index (κ3) is 10.4. The molecule has 38 heavy (non-hydrogen) atoms. The Morgan fingerprint density at radius 3 is 1.87 bits per heavy atom. The molecule has 0 radical (unpaired) electrons. The summed E-state index contributed by atoms with van der Waals surface area (Å²) in [5.41, 5.74) is 6.59. The van der Waals surface area contributed by atoms with E-state index in [0.717, 1.165) is 0 Å². The monoisotopic (exact) mass is 536 g/mol. The summed E-state index contributed by atoms with van der Waals surface area (Å²) in [5.74, 6) is -5.07. The van der Waals surface area contributed by atoms with E-state index >= 15 is 0 Å². The Balaban J connectivity index is 3.20. The largest absolute Gasteiger partial charge is 0.508 e. The molecule has 0 heterocycles. The van der Waals surface area contributed by atoms with Crippen LogP contribution in [-0.2, 0) is 30.4 Å². The minimum Gasteiger partial charge on any atom is -0.508 e. The molecule has 212 valence electrons. The zero-order chi connectivity index (χ0) is 29.0. The van der Waals surface area contributed by atoms with Crippen LogP contribution in [0.3, 0.4) is 0 Å². The predicted octanol–water partition coefficient (Wildman–Crippen LogP) is 0.758. The van der Waals surface area contributed by atoms with Crippen molar-refractivity contribution in [3.05, 3.63) is 29.8 Å². The van der Waals surface area contributed by atoms with E-state index in [-0.39, 0.29) is 30.4 Å². The van der Waals surface area contributed by atoms with Gasteiger partial charge >= 0.3 is 11.9 Å². The molecule has 1 aromatic carbocycles. The number of carbonyl (C=O) groups is 5. The van der Waals surface area contributed by atoms with E-state index < -0.39 is 60.2 Å². The highest BCUT2D eigenvalue weighted by atomic mass is 16.4. The first kappa shape index (κ1) is 32.4. The van der Waals surface area contributed by atoms with Gasteiger partial charge in [-0.05, 0) is 36.0 Å². The first-order valence-corrected chi connectivity index (χ1v) is 12.7. The molecular weight excluding hydrogens is 496 g/mol. The summed E-state index contributed by atoms with van der Waals surface area (Å²) in [6, 6.07) is 1.29. The number of aromatic hydroxyl groups is 1. The molecule has 1 aromatic rings. The zero-order valence-electron chi connectivity index (χ0n) is 22.3. The molecule has 1 rings (SSSR count). The minimum absolute atomic E-state index is 0.00408. The number of aliphatic carboxylic acids is 2. The lowest BCUT2D eigenvalue weighted by molar-refractivity contribution is -0.143. The van der Waals surface area contributed by atoms with Crippen LogP contribution < -0.4 is 21.7 Å². The van der Waals surface area contributed by atoms with Gasteiger partial charge in [-0.2, -0.15) is 0 Å². The van der Waals surface area contributed by atoms with Crippen molar-refractivity contribution >= 4 is 29.7 Å². The predicted molar refractivity (Wildman–Crippen MR) is 139 cm³/mol. The molecule has 12 heteroatoms. The number of nitrogens with two attached hydrogens (primary N) is 1. The van der Waals surface area contributed by atoms with Gasteiger partial charge in [-0.15, -0.1) is 0 Å². The maximum absolute atomic E-state index is 13.4. The van der Waals surface area contributed by atoms with Gasteiger partial charge in [-0.25, -0.2) is 4.79 Å². The Morgan fingerprint density at radius 1 is 0.816 bits per heavy atom. The van der Waals surface area contributed by atoms with Gasteiger partial charge in [0, 0.05) is 12.8 Å². The van der Waals surface area contributed by atoms with Crippen LogP contribution in [-0.4, -0.2) is 69.1 Å². The maximum Gasteiger partial charge on any atom is 0.326 e. The summed E-state index contributed by atoms with van der Waals surface area (Å²) in [7, 11) is 0. The fourth-order valence-electron chi connectivity index (χ4n) is 3.60. The molecule has 0 bridgehead atoms. The molecule has 0 fully saturated rings. The third-order valence-corrected chi connectivity index (χ3v) is 6.62. The Labute approximate surface area is 222 Å². The van der Waals surface area contributed by atoms with E-state index in [1.165, 1.54) is 12.1 Å². The Bertz CT molecular complexity index is 968. The van der Waals surface area contributed by atoms with Gasteiger partial charge in [0.25, 0.3) is 0 Å². The molecule has 0 aromatic heterocycles. The molecule has 6 unspecified atom stereocenters. The number of hydrogen-bond donors (Lipinski definition) is 7. The van der Waals surface area contributed by atoms with Crippen LogP contribution in [0.25, 0.3) is 0 Å². The molecule has 0 saturated heterocycles. The van der Waals surface area contributed by atoms with Crippen molar-refractivity contribution in [3.8, 4) is 5.75 Å². The number of phenols is 1. The Hall–Kier alpha value is -3.67. The highest BCUT2D eigenvalue weighted by Crippen LogP contribution is 2.14. The van der Waals surface area contributed by atoms with Crippen LogP contribution in [0, 0.1) is 11.8 Å². The topological polar surface area (TPSA) is 208 Å². The fourth-order valence-corrected chi connectivity index (χ4v) is 3.60. The molecular formula is C26H40N4O8. The van der Waals surface area contributed by atoms with Crippen LogP contribution in [0.1, 0.15) is 58.9 Å². The van der Waals surface area contributed by atoms with Gasteiger partial charge in [0.1, 0.15) is 23.9 Å². The average Bonchev–Trinajstić information content (AvgIpc) is 2.88. The number of carbonyl (C=O) groups excluding carboxylic acids is 3. The first-order valence-electron chi connectivity index (χ1n) is 12.7. The lowest BCUT2D eigenvalue weighted by atomic mass is 9.95. The second-order valence-corrected chi connectivity index (χ2v) is 9.55. The van der Waals surface area contributed by atoms with E-state index in [9.17, 15) is 34.2 Å². The van der Waals surface area contributed by atoms with Crippen LogP contribution >= 0.6 is 0 Å². The van der Waals surface area contributed by atoms with Gasteiger partial charge in [0.05, 0.1) is 6.04 Å². The number of carboxylic acids is 2. The van der Waals surface area contributed by atoms with Crippen LogP contribution in [0.5, 0.6) is 5.75 Å². The Morgan fingerprint density at radius 2 is 1.37 bits per heavy atom. The van der Waals surface area contributed by atoms with E-state index in [2.05, 4.69) is 16.0 Å². The van der Waals surface area contributed by atoms with E-state index in [4.69, 9.17) is 10.8 Å². The number of rotatable bonds is 16. The zero-order valence-corrected chi connectivity index (χ0v) is 22.3. The maximum atomic E-state index is 13.4. The number of benzene rings is 1. The average molecular weight is 537 g/mol. The molecule has 12 nitrogen and oxygen atoms in total. The van der Waals surface area contributed by atoms with Crippen LogP contribution in [0.2, 0.25) is 0 Å². The number of phenolic OH excluding ortho intramolecular Hbond substituents is 1. The SMILES string of the molecule is CCC(C)C(N)C(=O)NC(C(=O)NC(Cc1ccc(O)cc1)C(=O)NC(CCC(=O)O)C(=O)O)C(C)CC. The van der Waals surface area contributed by atoms with Crippen molar-refractivity contribution < 1.29 is 39.3 Å². The van der Waals surface area contributed by atoms with Crippen molar-refractivity contribution in [1.29, 1.82) is 0 Å².